The molecule has 3 aromatic carbocycles. The Hall–Kier alpha value is -3.43. The van der Waals surface area contributed by atoms with Gasteiger partial charge in [-0.3, -0.25) is 14.5 Å². The molecule has 45 heavy (non-hydrogen) atoms. The maximum absolute atomic E-state index is 10.5. The predicted octanol–water partition coefficient (Wildman–Crippen LogP) is 8.51. The third kappa shape index (κ3) is 7.52. The Kier molecular flexibility index (Phi) is 10.0. The summed E-state index contributed by atoms with van der Waals surface area (Å²) in [4.78, 5) is 9.99. The average molecular weight is 669 g/mol. The van der Waals surface area contributed by atoms with Crippen molar-refractivity contribution in [1.82, 2.24) is 10.3 Å². The molecule has 7 nitrogen and oxygen atoms in total. The van der Waals surface area contributed by atoms with E-state index in [4.69, 9.17) is 42.5 Å². The zero-order valence-corrected chi connectivity index (χ0v) is 28.8. The number of nitrogens with zero attached hydrogens (tertiary/aromatic N) is 2. The number of hydrogen-bond donors (Lipinski definition) is 2. The molecule has 1 aliphatic heterocycles. The normalized spacial score (nSPS) is 19.6. The number of aliphatic imine (C=N–C) groups is 1. The molecule has 238 valence electrons. The average Bonchev–Trinajstić information content (AvgIpc) is 3.25. The number of hydrogen-bond acceptors (Lipinski definition) is 6. The Morgan fingerprint density at radius 2 is 1.42 bits per heavy atom. The number of aromatic nitrogens is 1. The van der Waals surface area contributed by atoms with Gasteiger partial charge in [-0.25, -0.2) is 0 Å². The van der Waals surface area contributed by atoms with Crippen LogP contribution >= 0.6 is 23.2 Å². The van der Waals surface area contributed by atoms with E-state index in [1.807, 2.05) is 74.6 Å². The van der Waals surface area contributed by atoms with Crippen LogP contribution in [0.3, 0.4) is 0 Å². The molecule has 1 aromatic heterocycles. The highest BCUT2D eigenvalue weighted by Crippen LogP contribution is 2.48. The summed E-state index contributed by atoms with van der Waals surface area (Å²) in [5, 5.41) is 5.12. The van der Waals surface area contributed by atoms with Gasteiger partial charge in [0.25, 0.3) is 10.1 Å². The first-order valence-electron chi connectivity index (χ1n) is 14.6. The van der Waals surface area contributed by atoms with Crippen LogP contribution in [0, 0.1) is 6.92 Å². The van der Waals surface area contributed by atoms with Crippen molar-refractivity contribution < 1.29 is 17.7 Å². The lowest BCUT2D eigenvalue weighted by atomic mass is 9.72. The highest BCUT2D eigenvalue weighted by Gasteiger charge is 2.52. The van der Waals surface area contributed by atoms with Crippen LogP contribution in [0.4, 0.5) is 0 Å². The minimum absolute atomic E-state index is 0.0666. The number of aryl methyl sites for hydroxylation is 1. The van der Waals surface area contributed by atoms with Gasteiger partial charge in [0.15, 0.2) is 0 Å². The fourth-order valence-electron chi connectivity index (χ4n) is 5.12. The number of benzene rings is 3. The molecule has 0 unspecified atom stereocenters. The van der Waals surface area contributed by atoms with E-state index in [0.29, 0.717) is 16.7 Å². The monoisotopic (exact) mass is 667 g/mol. The van der Waals surface area contributed by atoms with Crippen LogP contribution in [0.15, 0.2) is 94.9 Å². The summed E-state index contributed by atoms with van der Waals surface area (Å²) in [6.07, 6.45) is 1.87. The Morgan fingerprint density at radius 1 is 0.889 bits per heavy atom. The van der Waals surface area contributed by atoms with E-state index in [1.165, 1.54) is 12.1 Å². The smallest absolute Gasteiger partial charge is 0.294 e. The standard InChI is InChI=1S/C28H31Cl2N3O.C7H8O3S/c1-7-34-23-16-24(26(2,3)4)31-17-22(23)25-32-27(5,18-8-12-20(29)13-9-18)28(6,33-25)19-10-14-21(30)15-11-19;1-6-2-4-7(5-3-6)11(8,9)10/h8-17H,7H2,1-6H3,(H,32,33);2-5H,1H3,(H,8,9,10)/t27-,28+;. The maximum atomic E-state index is 10.5. The number of pyridine rings is 1. The van der Waals surface area contributed by atoms with Gasteiger partial charge in [0.2, 0.25) is 0 Å². The molecule has 0 aliphatic carbocycles. The summed E-state index contributed by atoms with van der Waals surface area (Å²) in [6, 6.07) is 23.8. The molecular formula is C35H39Cl2N3O4S. The van der Waals surface area contributed by atoms with Gasteiger partial charge in [-0.15, -0.1) is 0 Å². The van der Waals surface area contributed by atoms with E-state index in [1.54, 1.807) is 12.1 Å². The topological polar surface area (TPSA) is 101 Å². The summed E-state index contributed by atoms with van der Waals surface area (Å²) >= 11 is 12.4. The lowest BCUT2D eigenvalue weighted by Crippen LogP contribution is -2.50. The quantitative estimate of drug-likeness (QED) is 0.200. The second-order valence-electron chi connectivity index (χ2n) is 12.3. The zero-order chi connectivity index (χ0) is 33.2. The molecule has 2 atom stereocenters. The van der Waals surface area contributed by atoms with E-state index < -0.39 is 21.2 Å². The molecule has 0 saturated heterocycles. The van der Waals surface area contributed by atoms with Crippen LogP contribution in [-0.4, -0.2) is 30.4 Å². The molecule has 2 heterocycles. The lowest BCUT2D eigenvalue weighted by molar-refractivity contribution is 0.268. The van der Waals surface area contributed by atoms with Crippen LogP contribution in [0.2, 0.25) is 10.0 Å². The van der Waals surface area contributed by atoms with Crippen molar-refractivity contribution in [3.8, 4) is 5.75 Å². The van der Waals surface area contributed by atoms with Crippen molar-refractivity contribution in [2.75, 3.05) is 6.61 Å². The van der Waals surface area contributed by atoms with Crippen LogP contribution in [-0.2, 0) is 26.6 Å². The SMILES string of the molecule is CCOc1cc(C(C)(C)C)ncc1C1=N[C@@](C)(c2ccc(Cl)cc2)[C@@](C)(c2ccc(Cl)cc2)N1.Cc1ccc(S(=O)(=O)O)cc1. The molecule has 2 N–H and O–H groups in total. The molecule has 0 fully saturated rings. The summed E-state index contributed by atoms with van der Waals surface area (Å²) in [5.41, 5.74) is 3.61. The number of ether oxygens (including phenoxy) is 1. The van der Waals surface area contributed by atoms with Crippen molar-refractivity contribution in [1.29, 1.82) is 0 Å². The van der Waals surface area contributed by atoms with Gasteiger partial charge in [-0.05, 0) is 75.2 Å². The molecule has 5 rings (SSSR count). The van der Waals surface area contributed by atoms with Crippen LogP contribution in [0.25, 0.3) is 0 Å². The highest BCUT2D eigenvalue weighted by atomic mass is 35.5. The van der Waals surface area contributed by atoms with E-state index in [0.717, 1.165) is 39.5 Å². The molecule has 0 bridgehead atoms. The summed E-state index contributed by atoms with van der Waals surface area (Å²) in [5.74, 6) is 1.51. The van der Waals surface area contributed by atoms with Gasteiger partial charge in [-0.1, -0.05) is 85.9 Å². The summed E-state index contributed by atoms with van der Waals surface area (Å²) in [6.45, 7) is 15.1. The molecule has 0 radical (unpaired) electrons. The molecule has 0 amide bonds. The fourth-order valence-corrected chi connectivity index (χ4v) is 5.86. The third-order valence-electron chi connectivity index (χ3n) is 8.01. The van der Waals surface area contributed by atoms with E-state index >= 15 is 0 Å². The number of rotatable bonds is 6. The minimum Gasteiger partial charge on any atom is -0.493 e. The molecule has 0 spiro atoms. The van der Waals surface area contributed by atoms with Gasteiger partial charge in [0, 0.05) is 33.4 Å². The van der Waals surface area contributed by atoms with Gasteiger partial charge < -0.3 is 10.1 Å². The third-order valence-corrected chi connectivity index (χ3v) is 9.39. The number of nitrogens with one attached hydrogen (secondary N) is 1. The molecule has 1 aliphatic rings. The first-order valence-corrected chi connectivity index (χ1v) is 16.8. The van der Waals surface area contributed by atoms with Gasteiger partial charge in [0.05, 0.1) is 22.6 Å². The van der Waals surface area contributed by atoms with Gasteiger partial charge >= 0.3 is 0 Å². The van der Waals surface area contributed by atoms with Crippen molar-refractivity contribution in [3.63, 3.8) is 0 Å². The Morgan fingerprint density at radius 3 is 1.91 bits per heavy atom. The van der Waals surface area contributed by atoms with Crippen molar-refractivity contribution in [2.45, 2.75) is 69.9 Å². The Labute approximate surface area is 276 Å². The Bertz CT molecular complexity index is 1790. The van der Waals surface area contributed by atoms with Gasteiger partial charge in [0.1, 0.15) is 17.1 Å². The second-order valence-corrected chi connectivity index (χ2v) is 14.6. The van der Waals surface area contributed by atoms with Crippen LogP contribution < -0.4 is 10.1 Å². The molecular weight excluding hydrogens is 629 g/mol. The van der Waals surface area contributed by atoms with Crippen LogP contribution in [0.5, 0.6) is 5.75 Å². The summed E-state index contributed by atoms with van der Waals surface area (Å²) < 4.78 is 35.6. The second kappa shape index (κ2) is 13.1. The molecule has 4 aromatic rings. The predicted molar refractivity (Wildman–Crippen MR) is 182 cm³/mol. The van der Waals surface area contributed by atoms with E-state index in [-0.39, 0.29) is 10.3 Å². The first kappa shape index (κ1) is 34.4. The number of amidine groups is 1. The maximum Gasteiger partial charge on any atom is 0.294 e. The minimum atomic E-state index is -4.02. The Balaban J connectivity index is 0.000000354. The largest absolute Gasteiger partial charge is 0.493 e. The molecule has 0 saturated carbocycles. The van der Waals surface area contributed by atoms with E-state index in [2.05, 4.69) is 39.9 Å². The van der Waals surface area contributed by atoms with Gasteiger partial charge in [-0.2, -0.15) is 8.42 Å². The van der Waals surface area contributed by atoms with E-state index in [9.17, 15) is 8.42 Å². The summed E-state index contributed by atoms with van der Waals surface area (Å²) in [7, 11) is -4.02. The fraction of sp³-hybridized carbons (Fsp3) is 0.314. The lowest BCUT2D eigenvalue weighted by Gasteiger charge is -2.40. The van der Waals surface area contributed by atoms with Crippen molar-refractivity contribution in [2.24, 2.45) is 4.99 Å². The first-order chi connectivity index (χ1) is 21.0. The molecule has 10 heteroatoms. The van der Waals surface area contributed by atoms with Crippen LogP contribution in [0.1, 0.15) is 69.5 Å². The highest BCUT2D eigenvalue weighted by molar-refractivity contribution is 7.85. The zero-order valence-electron chi connectivity index (χ0n) is 26.5. The van der Waals surface area contributed by atoms with Crippen molar-refractivity contribution >= 4 is 39.2 Å². The number of halogens is 2. The van der Waals surface area contributed by atoms with Crippen molar-refractivity contribution in [3.05, 3.63) is 123 Å².